The highest BCUT2D eigenvalue weighted by atomic mass is 79.9. The maximum Gasteiger partial charge on any atom is 0.214 e. The van der Waals surface area contributed by atoms with Gasteiger partial charge in [0.2, 0.25) is 4.77 Å². The maximum atomic E-state index is 6.08. The van der Waals surface area contributed by atoms with E-state index in [1.165, 1.54) is 0 Å². The van der Waals surface area contributed by atoms with E-state index in [-0.39, 0.29) is 0 Å². The Balaban J connectivity index is 1.74. The van der Waals surface area contributed by atoms with Crippen molar-refractivity contribution in [2.45, 2.75) is 32.9 Å². The van der Waals surface area contributed by atoms with E-state index in [0.717, 1.165) is 34.3 Å². The molecule has 0 atom stereocenters. The number of nitrogens with one attached hydrogen (secondary N) is 2. The molecule has 0 bridgehead atoms. The third-order valence-electron chi connectivity index (χ3n) is 4.35. The molecule has 3 aromatic rings. The molecule has 0 aliphatic carbocycles. The van der Waals surface area contributed by atoms with Crippen molar-refractivity contribution in [2.24, 2.45) is 0 Å². The Hall–Kier alpha value is -1.74. The third kappa shape index (κ3) is 5.49. The third-order valence-corrected chi connectivity index (χ3v) is 6.11. The number of benzene rings is 2. The van der Waals surface area contributed by atoms with Gasteiger partial charge in [-0.3, -0.25) is 5.10 Å². The molecule has 0 amide bonds. The molecule has 2 aromatic carbocycles. The molecule has 30 heavy (non-hydrogen) atoms. The van der Waals surface area contributed by atoms with Crippen LogP contribution in [0.25, 0.3) is 0 Å². The molecular formula is C20H21BrCl2N4O2S. The Kier molecular flexibility index (Phi) is 8.05. The first-order valence-electron chi connectivity index (χ1n) is 9.26. The number of aryl methyl sites for hydroxylation is 1. The number of ether oxygens (including phenoxy) is 2. The zero-order chi connectivity index (χ0) is 21.7. The minimum absolute atomic E-state index is 0.335. The van der Waals surface area contributed by atoms with Gasteiger partial charge in [-0.05, 0) is 54.0 Å². The summed E-state index contributed by atoms with van der Waals surface area (Å²) in [5.41, 5.74) is 5.20. The van der Waals surface area contributed by atoms with Gasteiger partial charge in [-0.25, -0.2) is 4.68 Å². The van der Waals surface area contributed by atoms with Crippen LogP contribution >= 0.6 is 51.3 Å². The summed E-state index contributed by atoms with van der Waals surface area (Å²) in [6.45, 7) is 2.96. The molecule has 1 heterocycles. The minimum Gasteiger partial charge on any atom is -0.493 e. The van der Waals surface area contributed by atoms with Gasteiger partial charge in [-0.1, -0.05) is 52.1 Å². The fraction of sp³-hybridized carbons (Fsp3) is 0.300. The van der Waals surface area contributed by atoms with Crippen molar-refractivity contribution in [3.63, 3.8) is 0 Å². The second-order valence-electron chi connectivity index (χ2n) is 6.50. The average molecular weight is 532 g/mol. The fourth-order valence-corrected chi connectivity index (χ4v) is 3.82. The van der Waals surface area contributed by atoms with Crippen molar-refractivity contribution in [1.82, 2.24) is 14.9 Å². The van der Waals surface area contributed by atoms with E-state index >= 15 is 0 Å². The lowest BCUT2D eigenvalue weighted by molar-refractivity contribution is 0.284. The molecule has 0 unspecified atom stereocenters. The van der Waals surface area contributed by atoms with Gasteiger partial charge in [-0.2, -0.15) is 5.10 Å². The Labute approximate surface area is 198 Å². The van der Waals surface area contributed by atoms with Crippen LogP contribution in [-0.4, -0.2) is 22.0 Å². The van der Waals surface area contributed by atoms with Gasteiger partial charge in [0, 0.05) is 10.9 Å². The number of hydrogen-bond donors (Lipinski definition) is 2. The van der Waals surface area contributed by atoms with Crippen molar-refractivity contribution in [2.75, 3.05) is 12.5 Å². The summed E-state index contributed by atoms with van der Waals surface area (Å²) >= 11 is 21.0. The van der Waals surface area contributed by atoms with Crippen LogP contribution < -0.4 is 14.9 Å². The molecule has 0 saturated carbocycles. The van der Waals surface area contributed by atoms with Gasteiger partial charge >= 0.3 is 0 Å². The molecule has 0 spiro atoms. The molecule has 0 radical (unpaired) electrons. The van der Waals surface area contributed by atoms with Crippen LogP contribution in [0.4, 0.5) is 0 Å². The van der Waals surface area contributed by atoms with Crippen LogP contribution in [0.15, 0.2) is 34.8 Å². The van der Waals surface area contributed by atoms with E-state index < -0.39 is 0 Å². The minimum atomic E-state index is 0.335. The summed E-state index contributed by atoms with van der Waals surface area (Å²) in [6, 6.07) is 9.21. The van der Waals surface area contributed by atoms with Gasteiger partial charge in [0.25, 0.3) is 0 Å². The molecule has 2 N–H and O–H groups in total. The highest BCUT2D eigenvalue weighted by Gasteiger charge is 2.12. The Morgan fingerprint density at radius 3 is 2.70 bits per heavy atom. The molecule has 0 aliphatic rings. The lowest BCUT2D eigenvalue weighted by Crippen LogP contribution is -2.18. The first-order chi connectivity index (χ1) is 14.4. The first-order valence-corrected chi connectivity index (χ1v) is 11.2. The van der Waals surface area contributed by atoms with E-state index in [9.17, 15) is 0 Å². The Bertz CT molecular complexity index is 1090. The second-order valence-corrected chi connectivity index (χ2v) is 8.55. The molecule has 160 valence electrons. The zero-order valence-corrected chi connectivity index (χ0v) is 20.4. The lowest BCUT2D eigenvalue weighted by Gasteiger charge is -2.16. The highest BCUT2D eigenvalue weighted by Crippen LogP contribution is 2.34. The summed E-state index contributed by atoms with van der Waals surface area (Å²) in [4.78, 5) is 0. The normalized spacial score (nSPS) is 10.8. The number of nitrogens with zero attached hydrogens (tertiary/aromatic N) is 2. The highest BCUT2D eigenvalue weighted by molar-refractivity contribution is 9.10. The molecular weight excluding hydrogens is 511 g/mol. The van der Waals surface area contributed by atoms with Crippen LogP contribution in [0.2, 0.25) is 10.0 Å². The number of aromatic amines is 1. The quantitative estimate of drug-likeness (QED) is 0.317. The molecule has 10 heteroatoms. The Morgan fingerprint density at radius 2 is 2.00 bits per heavy atom. The van der Waals surface area contributed by atoms with Gasteiger partial charge in [0.05, 0.1) is 23.7 Å². The van der Waals surface area contributed by atoms with Crippen molar-refractivity contribution >= 4 is 51.3 Å². The monoisotopic (exact) mass is 530 g/mol. The largest absolute Gasteiger partial charge is 0.493 e. The number of rotatable bonds is 9. The van der Waals surface area contributed by atoms with E-state index in [0.29, 0.717) is 39.5 Å². The van der Waals surface area contributed by atoms with E-state index in [4.69, 9.17) is 44.9 Å². The number of hydrogen-bond acceptors (Lipinski definition) is 5. The molecule has 3 rings (SSSR count). The van der Waals surface area contributed by atoms with Crippen molar-refractivity contribution in [1.29, 1.82) is 0 Å². The summed E-state index contributed by atoms with van der Waals surface area (Å²) in [5, 5.41) is 8.09. The predicted molar refractivity (Wildman–Crippen MR) is 126 cm³/mol. The number of aromatic nitrogens is 3. The van der Waals surface area contributed by atoms with Gasteiger partial charge < -0.3 is 14.9 Å². The van der Waals surface area contributed by atoms with Crippen molar-refractivity contribution in [3.05, 3.63) is 66.6 Å². The average Bonchev–Trinajstić information content (AvgIpc) is 3.07. The van der Waals surface area contributed by atoms with E-state index in [1.54, 1.807) is 23.9 Å². The predicted octanol–water partition coefficient (Wildman–Crippen LogP) is 6.29. The Morgan fingerprint density at radius 1 is 1.20 bits per heavy atom. The lowest BCUT2D eigenvalue weighted by atomic mass is 10.2. The number of H-pyrrole nitrogens is 1. The first kappa shape index (κ1) is 22.9. The van der Waals surface area contributed by atoms with Crippen LogP contribution in [0, 0.1) is 4.77 Å². The smallest absolute Gasteiger partial charge is 0.214 e. The standard InChI is InChI=1S/C20H21BrCl2N4O2S/c1-3-4-19-25-26-20(30)27(19)24-10-13-8-17(28-2)18(9-14(13)21)29-11-12-5-6-15(22)16(23)7-12/h5-9,24H,3-4,10-11H2,1-2H3,(H,26,30). The van der Waals surface area contributed by atoms with Gasteiger partial charge in [-0.15, -0.1) is 0 Å². The van der Waals surface area contributed by atoms with Gasteiger partial charge in [0.1, 0.15) is 6.61 Å². The molecule has 6 nitrogen and oxygen atoms in total. The fourth-order valence-electron chi connectivity index (χ4n) is 2.82. The van der Waals surface area contributed by atoms with Crippen LogP contribution in [0.1, 0.15) is 30.3 Å². The molecule has 0 fully saturated rings. The van der Waals surface area contributed by atoms with Crippen LogP contribution in [0.5, 0.6) is 11.5 Å². The molecule has 1 aromatic heterocycles. The van der Waals surface area contributed by atoms with E-state index in [2.05, 4.69) is 38.5 Å². The second kappa shape index (κ2) is 10.5. The van der Waals surface area contributed by atoms with Crippen LogP contribution in [0.3, 0.4) is 0 Å². The summed E-state index contributed by atoms with van der Waals surface area (Å²) < 4.78 is 14.7. The van der Waals surface area contributed by atoms with Crippen LogP contribution in [-0.2, 0) is 19.6 Å². The summed E-state index contributed by atoms with van der Waals surface area (Å²) in [7, 11) is 1.61. The zero-order valence-electron chi connectivity index (χ0n) is 16.5. The molecule has 0 saturated heterocycles. The topological polar surface area (TPSA) is 64.1 Å². The number of halogens is 3. The summed E-state index contributed by atoms with van der Waals surface area (Å²) in [6.07, 6.45) is 1.80. The van der Waals surface area contributed by atoms with Crippen molar-refractivity contribution < 1.29 is 9.47 Å². The van der Waals surface area contributed by atoms with Crippen molar-refractivity contribution in [3.8, 4) is 11.5 Å². The number of methoxy groups -OCH3 is 1. The van der Waals surface area contributed by atoms with Gasteiger partial charge in [0.15, 0.2) is 17.3 Å². The molecule has 0 aliphatic heterocycles. The van der Waals surface area contributed by atoms with E-state index in [1.807, 2.05) is 18.2 Å². The maximum absolute atomic E-state index is 6.08. The SMILES string of the molecule is CCCc1n[nH]c(=S)n1NCc1cc(OC)c(OCc2ccc(Cl)c(Cl)c2)cc1Br. The summed E-state index contributed by atoms with van der Waals surface area (Å²) in [5.74, 6) is 2.11.